The van der Waals surface area contributed by atoms with Crippen LogP contribution in [0.2, 0.25) is 0 Å². The van der Waals surface area contributed by atoms with E-state index >= 15 is 0 Å². The monoisotopic (exact) mass is 207 g/mol. The van der Waals surface area contributed by atoms with Gasteiger partial charge in [0.15, 0.2) is 0 Å². The zero-order chi connectivity index (χ0) is 10.6. The van der Waals surface area contributed by atoms with Gasteiger partial charge in [-0.1, -0.05) is 6.92 Å². The van der Waals surface area contributed by atoms with Gasteiger partial charge in [-0.15, -0.1) is 0 Å². The summed E-state index contributed by atoms with van der Waals surface area (Å²) in [5.74, 6) is 0.658. The van der Waals surface area contributed by atoms with E-state index in [0.717, 1.165) is 25.7 Å². The van der Waals surface area contributed by atoms with Crippen LogP contribution < -0.4 is 5.32 Å². The minimum atomic E-state index is -2.33. The number of rotatable bonds is 4. The van der Waals surface area contributed by atoms with Crippen LogP contribution in [0.3, 0.4) is 0 Å². The van der Waals surface area contributed by atoms with Crippen molar-refractivity contribution >= 4 is 0 Å². The van der Waals surface area contributed by atoms with Crippen molar-refractivity contribution in [2.75, 3.05) is 13.1 Å². The molecule has 0 aliphatic heterocycles. The lowest BCUT2D eigenvalue weighted by Crippen LogP contribution is -2.44. The second-order valence-electron chi connectivity index (χ2n) is 4.43. The first kappa shape index (κ1) is 11.9. The van der Waals surface area contributed by atoms with E-state index in [-0.39, 0.29) is 6.54 Å². The second-order valence-corrected chi connectivity index (χ2v) is 4.43. The van der Waals surface area contributed by atoms with Crippen LogP contribution in [-0.4, -0.2) is 30.2 Å². The van der Waals surface area contributed by atoms with Gasteiger partial charge in [-0.2, -0.15) is 0 Å². The van der Waals surface area contributed by atoms with Gasteiger partial charge >= 0.3 is 0 Å². The maximum absolute atomic E-state index is 11.8. The summed E-state index contributed by atoms with van der Waals surface area (Å²) in [6.45, 7) is 2.13. The van der Waals surface area contributed by atoms with Crippen molar-refractivity contribution in [2.45, 2.75) is 44.6 Å². The predicted molar refractivity (Wildman–Crippen MR) is 51.5 cm³/mol. The van der Waals surface area contributed by atoms with Crippen LogP contribution in [0.15, 0.2) is 0 Å². The molecule has 0 aromatic rings. The number of halogens is 2. The predicted octanol–water partition coefficient (Wildman–Crippen LogP) is 1.78. The molecule has 4 heteroatoms. The fourth-order valence-corrected chi connectivity index (χ4v) is 1.89. The van der Waals surface area contributed by atoms with E-state index in [4.69, 9.17) is 0 Å². The van der Waals surface area contributed by atoms with Crippen LogP contribution in [0, 0.1) is 5.92 Å². The minimum absolute atomic E-state index is 0.296. The first-order valence-corrected chi connectivity index (χ1v) is 5.23. The zero-order valence-electron chi connectivity index (χ0n) is 8.60. The molecule has 0 bridgehead atoms. The molecular formula is C10H19F2NO. The Hall–Kier alpha value is -0.220. The van der Waals surface area contributed by atoms with Gasteiger partial charge in [0.1, 0.15) is 0 Å². The van der Waals surface area contributed by atoms with E-state index in [9.17, 15) is 13.9 Å². The molecule has 0 radical (unpaired) electrons. The molecule has 2 nitrogen and oxygen atoms in total. The molecular weight excluding hydrogens is 188 g/mol. The summed E-state index contributed by atoms with van der Waals surface area (Å²) in [5, 5.41) is 12.6. The Bertz CT molecular complexity index is 168. The maximum Gasteiger partial charge on any atom is 0.250 e. The Morgan fingerprint density at radius 1 is 1.43 bits per heavy atom. The van der Waals surface area contributed by atoms with Crippen LogP contribution >= 0.6 is 0 Å². The average Bonchev–Trinajstić information content (AvgIpc) is 2.10. The summed E-state index contributed by atoms with van der Waals surface area (Å²) >= 11 is 0. The highest BCUT2D eigenvalue weighted by Crippen LogP contribution is 2.31. The molecule has 0 atom stereocenters. The standard InChI is InChI=1S/C10H19F2NO/c1-8-2-4-10(14,5-3-8)7-13-6-9(11)12/h8-9,13-14H,2-7H2,1H3. The molecule has 0 unspecified atom stereocenters. The minimum Gasteiger partial charge on any atom is -0.389 e. The Morgan fingerprint density at radius 3 is 2.50 bits per heavy atom. The summed E-state index contributed by atoms with van der Waals surface area (Å²) < 4.78 is 23.7. The van der Waals surface area contributed by atoms with Gasteiger partial charge < -0.3 is 10.4 Å². The van der Waals surface area contributed by atoms with E-state index in [1.165, 1.54) is 0 Å². The molecule has 0 heterocycles. The third-order valence-corrected chi connectivity index (χ3v) is 2.96. The van der Waals surface area contributed by atoms with E-state index in [0.29, 0.717) is 12.5 Å². The van der Waals surface area contributed by atoms with Gasteiger partial charge in [-0.05, 0) is 31.6 Å². The summed E-state index contributed by atoms with van der Waals surface area (Å²) in [5.41, 5.74) is -0.749. The Kier molecular flexibility index (Phi) is 4.26. The van der Waals surface area contributed by atoms with Gasteiger partial charge in [0, 0.05) is 6.54 Å². The van der Waals surface area contributed by atoms with Crippen molar-refractivity contribution in [1.29, 1.82) is 0 Å². The number of nitrogens with one attached hydrogen (secondary N) is 1. The molecule has 14 heavy (non-hydrogen) atoms. The van der Waals surface area contributed by atoms with Crippen molar-refractivity contribution in [1.82, 2.24) is 5.32 Å². The largest absolute Gasteiger partial charge is 0.389 e. The van der Waals surface area contributed by atoms with Crippen LogP contribution in [0.1, 0.15) is 32.6 Å². The molecule has 0 aromatic carbocycles. The van der Waals surface area contributed by atoms with E-state index in [1.54, 1.807) is 0 Å². The van der Waals surface area contributed by atoms with Gasteiger partial charge in [0.05, 0.1) is 12.1 Å². The third kappa shape index (κ3) is 3.88. The molecule has 1 rings (SSSR count). The molecule has 0 spiro atoms. The molecule has 1 saturated carbocycles. The van der Waals surface area contributed by atoms with Crippen molar-refractivity contribution in [2.24, 2.45) is 5.92 Å². The first-order chi connectivity index (χ1) is 6.52. The molecule has 84 valence electrons. The van der Waals surface area contributed by atoms with Crippen molar-refractivity contribution < 1.29 is 13.9 Å². The molecule has 1 aliphatic carbocycles. The molecule has 0 saturated heterocycles. The van der Waals surface area contributed by atoms with Gasteiger partial charge in [0.25, 0.3) is 6.43 Å². The highest BCUT2D eigenvalue weighted by Gasteiger charge is 2.31. The quantitative estimate of drug-likeness (QED) is 0.736. The summed E-state index contributed by atoms with van der Waals surface area (Å²) in [4.78, 5) is 0. The van der Waals surface area contributed by atoms with Crippen molar-refractivity contribution in [3.8, 4) is 0 Å². The van der Waals surface area contributed by atoms with Crippen LogP contribution in [0.4, 0.5) is 8.78 Å². The second kappa shape index (κ2) is 5.03. The topological polar surface area (TPSA) is 32.3 Å². The maximum atomic E-state index is 11.8. The highest BCUT2D eigenvalue weighted by molar-refractivity contribution is 4.86. The van der Waals surface area contributed by atoms with Crippen LogP contribution in [0.25, 0.3) is 0 Å². The molecule has 1 aliphatic rings. The van der Waals surface area contributed by atoms with Gasteiger partial charge in [-0.25, -0.2) is 8.78 Å². The fraction of sp³-hybridized carbons (Fsp3) is 1.00. The summed E-state index contributed by atoms with van der Waals surface area (Å²) in [7, 11) is 0. The summed E-state index contributed by atoms with van der Waals surface area (Å²) in [6.07, 6.45) is 1.11. The molecule has 1 fully saturated rings. The van der Waals surface area contributed by atoms with Crippen molar-refractivity contribution in [3.63, 3.8) is 0 Å². The SMILES string of the molecule is CC1CCC(O)(CNCC(F)F)CC1. The number of hydrogen-bond acceptors (Lipinski definition) is 2. The van der Waals surface area contributed by atoms with Crippen LogP contribution in [-0.2, 0) is 0 Å². The average molecular weight is 207 g/mol. The summed E-state index contributed by atoms with van der Waals surface area (Å²) in [6, 6.07) is 0. The van der Waals surface area contributed by atoms with E-state index in [1.807, 2.05) is 0 Å². The smallest absolute Gasteiger partial charge is 0.250 e. The number of hydrogen-bond donors (Lipinski definition) is 2. The Morgan fingerprint density at radius 2 is 2.00 bits per heavy atom. The van der Waals surface area contributed by atoms with Gasteiger partial charge in [-0.3, -0.25) is 0 Å². The lowest BCUT2D eigenvalue weighted by atomic mass is 9.79. The zero-order valence-corrected chi connectivity index (χ0v) is 8.60. The lowest BCUT2D eigenvalue weighted by molar-refractivity contribution is -0.00878. The Balaban J connectivity index is 2.21. The fourth-order valence-electron chi connectivity index (χ4n) is 1.89. The number of alkyl halides is 2. The lowest BCUT2D eigenvalue weighted by Gasteiger charge is -2.35. The van der Waals surface area contributed by atoms with E-state index < -0.39 is 12.0 Å². The van der Waals surface area contributed by atoms with Crippen molar-refractivity contribution in [3.05, 3.63) is 0 Å². The van der Waals surface area contributed by atoms with E-state index in [2.05, 4.69) is 12.2 Å². The first-order valence-electron chi connectivity index (χ1n) is 5.23. The molecule has 0 aromatic heterocycles. The van der Waals surface area contributed by atoms with Crippen LogP contribution in [0.5, 0.6) is 0 Å². The Labute approximate surface area is 83.7 Å². The normalized spacial score (nSPS) is 33.6. The molecule has 2 N–H and O–H groups in total. The van der Waals surface area contributed by atoms with Gasteiger partial charge in [0.2, 0.25) is 0 Å². The third-order valence-electron chi connectivity index (χ3n) is 2.96. The number of aliphatic hydroxyl groups is 1. The highest BCUT2D eigenvalue weighted by atomic mass is 19.3. The molecule has 0 amide bonds.